The summed E-state index contributed by atoms with van der Waals surface area (Å²) in [7, 11) is 0. The molecular weight excluding hydrogens is 384 g/mol. The molecule has 0 atom stereocenters. The van der Waals surface area contributed by atoms with Gasteiger partial charge in [0.05, 0.1) is 4.92 Å². The van der Waals surface area contributed by atoms with E-state index in [0.29, 0.717) is 6.54 Å². The Morgan fingerprint density at radius 1 is 1.14 bits per heavy atom. The summed E-state index contributed by atoms with van der Waals surface area (Å²) in [5, 5.41) is 11.2. The largest absolute Gasteiger partial charge is 0.452 e. The Bertz CT molecular complexity index is 878. The van der Waals surface area contributed by atoms with Crippen molar-refractivity contribution in [2.75, 3.05) is 6.61 Å². The lowest BCUT2D eigenvalue weighted by atomic mass is 10.0. The molecule has 0 saturated carbocycles. The summed E-state index contributed by atoms with van der Waals surface area (Å²) in [4.78, 5) is 37.0. The number of carbonyl (C=O) groups excluding carboxylic acids is 2. The summed E-state index contributed by atoms with van der Waals surface area (Å²) in [5.74, 6) is -1.35. The highest BCUT2D eigenvalue weighted by molar-refractivity contribution is 6.31. The average molecular weight is 405 g/mol. The summed E-state index contributed by atoms with van der Waals surface area (Å²) >= 11 is 5.74. The van der Waals surface area contributed by atoms with Gasteiger partial charge in [0.1, 0.15) is 5.56 Å². The molecule has 2 rings (SSSR count). The quantitative estimate of drug-likeness (QED) is 0.408. The molecule has 0 heterocycles. The molecule has 8 heteroatoms. The summed E-state index contributed by atoms with van der Waals surface area (Å²) in [5.41, 5.74) is -0.300. The van der Waals surface area contributed by atoms with Gasteiger partial charge in [-0.3, -0.25) is 14.9 Å². The molecule has 0 spiro atoms. The van der Waals surface area contributed by atoms with Crippen molar-refractivity contribution in [2.24, 2.45) is 0 Å². The average Bonchev–Trinajstić information content (AvgIpc) is 2.63. The second-order valence-electron chi connectivity index (χ2n) is 7.13. The van der Waals surface area contributed by atoms with Gasteiger partial charge in [-0.25, -0.2) is 4.79 Å². The van der Waals surface area contributed by atoms with E-state index in [1.807, 2.05) is 51.1 Å². The summed E-state index contributed by atoms with van der Waals surface area (Å²) in [6.07, 6.45) is 0. The standard InChI is InChI=1S/C20H21ClN2O5/c1-20(2,3)22(12-14-7-5-4-6-8-14)18(24)13-28-19(25)16-10-9-15(21)11-17(16)23(26)27/h4-11H,12-13H2,1-3H3. The van der Waals surface area contributed by atoms with Crippen LogP contribution in [0, 0.1) is 10.1 Å². The monoisotopic (exact) mass is 404 g/mol. The Kier molecular flexibility index (Phi) is 6.75. The normalized spacial score (nSPS) is 11.0. The van der Waals surface area contributed by atoms with E-state index < -0.39 is 34.6 Å². The maximum absolute atomic E-state index is 12.7. The van der Waals surface area contributed by atoms with Gasteiger partial charge in [0.25, 0.3) is 11.6 Å². The lowest BCUT2D eigenvalue weighted by Crippen LogP contribution is -2.46. The second kappa shape index (κ2) is 8.84. The van der Waals surface area contributed by atoms with Crippen molar-refractivity contribution >= 4 is 29.2 Å². The van der Waals surface area contributed by atoms with Crippen LogP contribution in [0.1, 0.15) is 36.7 Å². The Morgan fingerprint density at radius 3 is 2.36 bits per heavy atom. The molecule has 0 saturated heterocycles. The molecule has 0 fully saturated rings. The zero-order chi connectivity index (χ0) is 20.9. The number of amides is 1. The molecule has 0 aliphatic carbocycles. The number of nitro groups is 1. The first-order chi connectivity index (χ1) is 13.1. The van der Waals surface area contributed by atoms with Gasteiger partial charge in [0.15, 0.2) is 6.61 Å². The molecule has 0 aliphatic heterocycles. The predicted octanol–water partition coefficient (Wildman–Crippen LogP) is 4.23. The molecule has 0 bridgehead atoms. The van der Waals surface area contributed by atoms with Crippen molar-refractivity contribution in [3.05, 3.63) is 74.8 Å². The van der Waals surface area contributed by atoms with E-state index in [-0.39, 0.29) is 10.6 Å². The van der Waals surface area contributed by atoms with Crippen LogP contribution in [0.15, 0.2) is 48.5 Å². The minimum Gasteiger partial charge on any atom is -0.452 e. The topological polar surface area (TPSA) is 89.8 Å². The van der Waals surface area contributed by atoms with Gasteiger partial charge in [-0.05, 0) is 38.5 Å². The predicted molar refractivity (Wildman–Crippen MR) is 105 cm³/mol. The van der Waals surface area contributed by atoms with Gasteiger partial charge in [-0.15, -0.1) is 0 Å². The van der Waals surface area contributed by atoms with Crippen LogP contribution in [-0.2, 0) is 16.1 Å². The van der Waals surface area contributed by atoms with Crippen molar-refractivity contribution in [3.8, 4) is 0 Å². The number of esters is 1. The fourth-order valence-corrected chi connectivity index (χ4v) is 2.74. The molecule has 2 aromatic rings. The molecule has 1 amide bonds. The van der Waals surface area contributed by atoms with E-state index in [4.69, 9.17) is 16.3 Å². The van der Waals surface area contributed by atoms with Gasteiger partial charge in [-0.1, -0.05) is 41.9 Å². The fourth-order valence-electron chi connectivity index (χ4n) is 2.58. The van der Waals surface area contributed by atoms with Crippen LogP contribution in [0.2, 0.25) is 5.02 Å². The van der Waals surface area contributed by atoms with Crippen LogP contribution < -0.4 is 0 Å². The molecular formula is C20H21ClN2O5. The van der Waals surface area contributed by atoms with Gasteiger partial charge in [0, 0.05) is 23.2 Å². The molecule has 0 radical (unpaired) electrons. The van der Waals surface area contributed by atoms with E-state index in [1.165, 1.54) is 12.1 Å². The van der Waals surface area contributed by atoms with Crippen LogP contribution in [0.25, 0.3) is 0 Å². The number of halogens is 1. The number of hydrogen-bond donors (Lipinski definition) is 0. The number of benzene rings is 2. The first-order valence-corrected chi connectivity index (χ1v) is 8.93. The van der Waals surface area contributed by atoms with Crippen LogP contribution in [0.5, 0.6) is 0 Å². The Morgan fingerprint density at radius 2 is 1.79 bits per heavy atom. The number of nitro benzene ring substituents is 1. The Labute approximate surface area is 168 Å². The van der Waals surface area contributed by atoms with Gasteiger partial charge in [0.2, 0.25) is 0 Å². The van der Waals surface area contributed by atoms with Crippen LogP contribution in [-0.4, -0.2) is 33.8 Å². The smallest absolute Gasteiger partial charge is 0.345 e. The minimum atomic E-state index is -0.953. The number of rotatable bonds is 6. The number of ether oxygens (including phenoxy) is 1. The van der Waals surface area contributed by atoms with E-state index in [9.17, 15) is 19.7 Å². The van der Waals surface area contributed by atoms with Gasteiger partial charge in [-0.2, -0.15) is 0 Å². The maximum Gasteiger partial charge on any atom is 0.345 e. The summed E-state index contributed by atoms with van der Waals surface area (Å²) in [6, 6.07) is 13.1. The highest BCUT2D eigenvalue weighted by atomic mass is 35.5. The maximum atomic E-state index is 12.7. The Balaban J connectivity index is 2.12. The summed E-state index contributed by atoms with van der Waals surface area (Å²) < 4.78 is 5.06. The first kappa shape index (κ1) is 21.4. The fraction of sp³-hybridized carbons (Fsp3) is 0.300. The van der Waals surface area contributed by atoms with Crippen molar-refractivity contribution in [3.63, 3.8) is 0 Å². The second-order valence-corrected chi connectivity index (χ2v) is 7.57. The third kappa shape index (κ3) is 5.53. The lowest BCUT2D eigenvalue weighted by molar-refractivity contribution is -0.385. The molecule has 28 heavy (non-hydrogen) atoms. The lowest BCUT2D eigenvalue weighted by Gasteiger charge is -2.35. The SMILES string of the molecule is CC(C)(C)N(Cc1ccccc1)C(=O)COC(=O)c1ccc(Cl)cc1[N+](=O)[O-]. The molecule has 148 valence electrons. The third-order valence-corrected chi connectivity index (χ3v) is 4.23. The summed E-state index contributed by atoms with van der Waals surface area (Å²) in [6.45, 7) is 5.45. The first-order valence-electron chi connectivity index (χ1n) is 8.55. The molecule has 7 nitrogen and oxygen atoms in total. The van der Waals surface area contributed by atoms with E-state index in [0.717, 1.165) is 11.6 Å². The van der Waals surface area contributed by atoms with Crippen LogP contribution in [0.4, 0.5) is 5.69 Å². The molecule has 2 aromatic carbocycles. The molecule has 0 unspecified atom stereocenters. The van der Waals surface area contributed by atoms with Crippen molar-refractivity contribution < 1.29 is 19.2 Å². The van der Waals surface area contributed by atoms with Crippen molar-refractivity contribution in [1.29, 1.82) is 0 Å². The Hall–Kier alpha value is -2.93. The highest BCUT2D eigenvalue weighted by Gasteiger charge is 2.28. The molecule has 0 aromatic heterocycles. The number of nitrogens with zero attached hydrogens (tertiary/aromatic N) is 2. The zero-order valence-electron chi connectivity index (χ0n) is 15.8. The number of hydrogen-bond acceptors (Lipinski definition) is 5. The minimum absolute atomic E-state index is 0.126. The van der Waals surface area contributed by atoms with E-state index >= 15 is 0 Å². The zero-order valence-corrected chi connectivity index (χ0v) is 16.6. The molecule has 0 aliphatic rings. The number of carbonyl (C=O) groups is 2. The molecule has 0 N–H and O–H groups in total. The highest BCUT2D eigenvalue weighted by Crippen LogP contribution is 2.24. The van der Waals surface area contributed by atoms with Crippen molar-refractivity contribution in [1.82, 2.24) is 4.90 Å². The van der Waals surface area contributed by atoms with E-state index in [1.54, 1.807) is 4.90 Å². The third-order valence-electron chi connectivity index (χ3n) is 4.00. The van der Waals surface area contributed by atoms with Crippen molar-refractivity contribution in [2.45, 2.75) is 32.9 Å². The van der Waals surface area contributed by atoms with E-state index in [2.05, 4.69) is 0 Å². The van der Waals surface area contributed by atoms with Gasteiger partial charge < -0.3 is 9.64 Å². The van der Waals surface area contributed by atoms with Crippen LogP contribution in [0.3, 0.4) is 0 Å². The van der Waals surface area contributed by atoms with Gasteiger partial charge >= 0.3 is 5.97 Å². The van der Waals surface area contributed by atoms with Crippen LogP contribution >= 0.6 is 11.6 Å².